The normalized spacial score (nSPS) is 19.1. The van der Waals surface area contributed by atoms with E-state index in [1.54, 1.807) is 0 Å². The van der Waals surface area contributed by atoms with Crippen molar-refractivity contribution in [3.8, 4) is 0 Å². The van der Waals surface area contributed by atoms with Crippen LogP contribution in [0.2, 0.25) is 0 Å². The van der Waals surface area contributed by atoms with Crippen LogP contribution in [-0.2, 0) is 6.54 Å². The molecular weight excluding hydrogens is 230 g/mol. The zero-order valence-electron chi connectivity index (χ0n) is 11.4. The van der Waals surface area contributed by atoms with E-state index in [2.05, 4.69) is 15.0 Å². The molecule has 1 aromatic heterocycles. The molecule has 0 radical (unpaired) electrons. The molecule has 1 saturated heterocycles. The van der Waals surface area contributed by atoms with Crippen LogP contribution in [0.25, 0.3) is 0 Å². The van der Waals surface area contributed by atoms with Crippen molar-refractivity contribution < 1.29 is 9.63 Å². The molecule has 18 heavy (non-hydrogen) atoms. The summed E-state index contributed by atoms with van der Waals surface area (Å²) >= 11 is 0. The first kappa shape index (κ1) is 13.5. The number of β-amino-alcohol motifs (C(OH)–C–C–N with tert-alkyl or cyclic N) is 1. The van der Waals surface area contributed by atoms with E-state index in [0.717, 1.165) is 57.1 Å². The molecule has 0 atom stereocenters. The Morgan fingerprint density at radius 1 is 1.17 bits per heavy atom. The molecule has 0 bridgehead atoms. The van der Waals surface area contributed by atoms with Gasteiger partial charge in [-0.3, -0.25) is 9.80 Å². The predicted molar refractivity (Wildman–Crippen MR) is 69.4 cm³/mol. The van der Waals surface area contributed by atoms with E-state index in [-0.39, 0.29) is 6.61 Å². The van der Waals surface area contributed by atoms with Gasteiger partial charge in [-0.25, -0.2) is 0 Å². The molecule has 102 valence electrons. The molecule has 5 heteroatoms. The molecule has 2 heterocycles. The summed E-state index contributed by atoms with van der Waals surface area (Å²) in [5.74, 6) is 0.934. The van der Waals surface area contributed by atoms with E-state index in [0.29, 0.717) is 0 Å². The fourth-order valence-corrected chi connectivity index (χ4v) is 2.50. The lowest BCUT2D eigenvalue weighted by Crippen LogP contribution is -2.32. The summed E-state index contributed by atoms with van der Waals surface area (Å²) in [7, 11) is 0. The van der Waals surface area contributed by atoms with Crippen LogP contribution < -0.4 is 0 Å². The van der Waals surface area contributed by atoms with Gasteiger partial charge in [0.25, 0.3) is 0 Å². The van der Waals surface area contributed by atoms with Gasteiger partial charge in [0.05, 0.1) is 12.3 Å². The minimum absolute atomic E-state index is 0.254. The number of rotatable bonds is 4. The van der Waals surface area contributed by atoms with Gasteiger partial charge in [0.15, 0.2) is 0 Å². The third-order valence-corrected chi connectivity index (χ3v) is 3.66. The molecule has 0 saturated carbocycles. The number of hydrogen-bond donors (Lipinski definition) is 1. The Kier molecular flexibility index (Phi) is 4.74. The first-order valence-corrected chi connectivity index (χ1v) is 6.68. The Balaban J connectivity index is 1.91. The highest BCUT2D eigenvalue weighted by Crippen LogP contribution is 2.16. The molecule has 1 N–H and O–H groups in total. The number of aliphatic hydroxyl groups excluding tert-OH is 1. The van der Waals surface area contributed by atoms with Gasteiger partial charge < -0.3 is 9.63 Å². The van der Waals surface area contributed by atoms with Gasteiger partial charge >= 0.3 is 0 Å². The average molecular weight is 253 g/mol. The van der Waals surface area contributed by atoms with Gasteiger partial charge in [0.1, 0.15) is 5.76 Å². The van der Waals surface area contributed by atoms with Gasteiger partial charge in [0, 0.05) is 31.7 Å². The topological polar surface area (TPSA) is 52.7 Å². The second kappa shape index (κ2) is 6.31. The Morgan fingerprint density at radius 2 is 1.89 bits per heavy atom. The van der Waals surface area contributed by atoms with E-state index in [1.807, 2.05) is 13.8 Å². The van der Waals surface area contributed by atoms with E-state index < -0.39 is 0 Å². The summed E-state index contributed by atoms with van der Waals surface area (Å²) in [6, 6.07) is 0. The van der Waals surface area contributed by atoms with Crippen molar-refractivity contribution in [2.45, 2.75) is 26.8 Å². The van der Waals surface area contributed by atoms with Crippen molar-refractivity contribution in [2.75, 3.05) is 39.3 Å². The van der Waals surface area contributed by atoms with Crippen LogP contribution in [0.15, 0.2) is 4.52 Å². The quantitative estimate of drug-likeness (QED) is 0.860. The Morgan fingerprint density at radius 3 is 2.56 bits per heavy atom. The monoisotopic (exact) mass is 253 g/mol. The minimum atomic E-state index is 0.254. The molecule has 5 nitrogen and oxygen atoms in total. The maximum absolute atomic E-state index is 8.98. The number of aliphatic hydroxyl groups is 1. The van der Waals surface area contributed by atoms with Gasteiger partial charge in [-0.1, -0.05) is 5.16 Å². The summed E-state index contributed by atoms with van der Waals surface area (Å²) in [5, 5.41) is 13.0. The first-order valence-electron chi connectivity index (χ1n) is 6.68. The highest BCUT2D eigenvalue weighted by Gasteiger charge is 2.17. The highest BCUT2D eigenvalue weighted by atomic mass is 16.5. The van der Waals surface area contributed by atoms with Crippen LogP contribution in [0.1, 0.15) is 23.4 Å². The molecule has 1 aliphatic heterocycles. The fraction of sp³-hybridized carbons (Fsp3) is 0.769. The molecule has 0 unspecified atom stereocenters. The minimum Gasteiger partial charge on any atom is -0.395 e. The third-order valence-electron chi connectivity index (χ3n) is 3.66. The highest BCUT2D eigenvalue weighted by molar-refractivity contribution is 5.20. The number of hydrogen-bond acceptors (Lipinski definition) is 5. The molecule has 0 spiro atoms. The number of aryl methyl sites for hydroxylation is 2. The van der Waals surface area contributed by atoms with Gasteiger partial charge in [-0.05, 0) is 33.4 Å². The molecule has 1 aliphatic rings. The lowest BCUT2D eigenvalue weighted by molar-refractivity contribution is 0.195. The van der Waals surface area contributed by atoms with Crippen LogP contribution in [-0.4, -0.2) is 59.4 Å². The van der Waals surface area contributed by atoms with Crippen molar-refractivity contribution in [3.05, 3.63) is 17.0 Å². The standard InChI is InChI=1S/C13H23N3O2/c1-11-13(12(2)18-14-11)10-16-5-3-4-15(6-7-16)8-9-17/h17H,3-10H2,1-2H3. The lowest BCUT2D eigenvalue weighted by atomic mass is 10.2. The molecule has 1 fully saturated rings. The van der Waals surface area contributed by atoms with Crippen LogP contribution >= 0.6 is 0 Å². The summed E-state index contributed by atoms with van der Waals surface area (Å²) in [4.78, 5) is 4.78. The number of nitrogens with zero attached hydrogens (tertiary/aromatic N) is 3. The Bertz CT molecular complexity index is 359. The van der Waals surface area contributed by atoms with E-state index in [9.17, 15) is 0 Å². The van der Waals surface area contributed by atoms with Crippen LogP contribution in [0.3, 0.4) is 0 Å². The zero-order valence-corrected chi connectivity index (χ0v) is 11.4. The van der Waals surface area contributed by atoms with Crippen molar-refractivity contribution in [1.82, 2.24) is 15.0 Å². The molecule has 2 rings (SSSR count). The maximum Gasteiger partial charge on any atom is 0.138 e. The van der Waals surface area contributed by atoms with Crippen molar-refractivity contribution >= 4 is 0 Å². The van der Waals surface area contributed by atoms with E-state index in [1.165, 1.54) is 5.56 Å². The van der Waals surface area contributed by atoms with Crippen molar-refractivity contribution in [2.24, 2.45) is 0 Å². The molecule has 0 aliphatic carbocycles. The van der Waals surface area contributed by atoms with Gasteiger partial charge in [-0.15, -0.1) is 0 Å². The summed E-state index contributed by atoms with van der Waals surface area (Å²) < 4.78 is 5.21. The first-order chi connectivity index (χ1) is 8.70. The number of aromatic nitrogens is 1. The summed E-state index contributed by atoms with van der Waals surface area (Å²) in [6.45, 7) is 10.2. The van der Waals surface area contributed by atoms with E-state index >= 15 is 0 Å². The van der Waals surface area contributed by atoms with Crippen LogP contribution in [0.5, 0.6) is 0 Å². The SMILES string of the molecule is Cc1noc(C)c1CN1CCCN(CCO)CC1. The molecular formula is C13H23N3O2. The summed E-state index contributed by atoms with van der Waals surface area (Å²) in [6.07, 6.45) is 1.16. The molecule has 0 aromatic carbocycles. The molecule has 0 amide bonds. The second-order valence-corrected chi connectivity index (χ2v) is 5.00. The fourth-order valence-electron chi connectivity index (χ4n) is 2.50. The smallest absolute Gasteiger partial charge is 0.138 e. The average Bonchev–Trinajstić information content (AvgIpc) is 2.57. The zero-order chi connectivity index (χ0) is 13.0. The Labute approximate surface area is 108 Å². The third kappa shape index (κ3) is 3.31. The van der Waals surface area contributed by atoms with Crippen LogP contribution in [0.4, 0.5) is 0 Å². The second-order valence-electron chi connectivity index (χ2n) is 5.00. The summed E-state index contributed by atoms with van der Waals surface area (Å²) in [5.41, 5.74) is 2.23. The Hall–Kier alpha value is -0.910. The van der Waals surface area contributed by atoms with Crippen LogP contribution in [0, 0.1) is 13.8 Å². The van der Waals surface area contributed by atoms with Gasteiger partial charge in [0.2, 0.25) is 0 Å². The van der Waals surface area contributed by atoms with Crippen molar-refractivity contribution in [3.63, 3.8) is 0 Å². The lowest BCUT2D eigenvalue weighted by Gasteiger charge is -2.21. The van der Waals surface area contributed by atoms with E-state index in [4.69, 9.17) is 9.63 Å². The largest absolute Gasteiger partial charge is 0.395 e. The molecule has 1 aromatic rings. The van der Waals surface area contributed by atoms with Crippen molar-refractivity contribution in [1.29, 1.82) is 0 Å². The predicted octanol–water partition coefficient (Wildman–Crippen LogP) is 0.791. The maximum atomic E-state index is 8.98. The van der Waals surface area contributed by atoms with Gasteiger partial charge in [-0.2, -0.15) is 0 Å².